The summed E-state index contributed by atoms with van der Waals surface area (Å²) < 4.78 is 78.7. The van der Waals surface area contributed by atoms with Crippen LogP contribution in [0.15, 0.2) is 97.1 Å². The van der Waals surface area contributed by atoms with Crippen molar-refractivity contribution in [3.63, 3.8) is 0 Å². The molecule has 2 nitrogen and oxygen atoms in total. The van der Waals surface area contributed by atoms with Crippen LogP contribution in [0.1, 0.15) is 11.1 Å². The van der Waals surface area contributed by atoms with Gasteiger partial charge in [-0.3, -0.25) is 0 Å². The van der Waals surface area contributed by atoms with Gasteiger partial charge in [-0.05, 0) is 70.1 Å². The first kappa shape index (κ1) is 23.9. The van der Waals surface area contributed by atoms with Gasteiger partial charge in [0.15, 0.2) is 0 Å². The molecule has 8 heteroatoms. The number of fused-ring (bicyclic) bond motifs is 3. The summed E-state index contributed by atoms with van der Waals surface area (Å²) >= 11 is 0. The number of nitrogens with zero attached hydrogens (tertiary/aromatic N) is 2. The van der Waals surface area contributed by atoms with Gasteiger partial charge in [-0.1, -0.05) is 48.5 Å². The van der Waals surface area contributed by atoms with Crippen LogP contribution >= 0.6 is 0 Å². The summed E-state index contributed by atoms with van der Waals surface area (Å²) in [5.74, 6) is 0. The molecular weight excluding hydrogens is 502 g/mol. The molecule has 0 radical (unpaired) electrons. The van der Waals surface area contributed by atoms with Gasteiger partial charge in [0.2, 0.25) is 0 Å². The Labute approximate surface area is 212 Å². The molecule has 0 aliphatic carbocycles. The molecule has 6 rings (SSSR count). The average Bonchev–Trinajstić information content (AvgIpc) is 2.89. The highest BCUT2D eigenvalue weighted by atomic mass is 19.4. The van der Waals surface area contributed by atoms with Crippen LogP contribution in [0.2, 0.25) is 0 Å². The Morgan fingerprint density at radius 3 is 1.13 bits per heavy atom. The second kappa shape index (κ2) is 8.55. The van der Waals surface area contributed by atoms with Crippen molar-refractivity contribution in [2.24, 2.45) is 0 Å². The molecule has 0 saturated heterocycles. The highest BCUT2D eigenvalue weighted by molar-refractivity contribution is 6.11. The Morgan fingerprint density at radius 1 is 0.421 bits per heavy atom. The fourth-order valence-corrected chi connectivity index (χ4v) is 4.65. The van der Waals surface area contributed by atoms with E-state index in [1.165, 1.54) is 24.3 Å². The minimum absolute atomic E-state index is 0.374. The summed E-state index contributed by atoms with van der Waals surface area (Å²) in [5.41, 5.74) is 0.0664. The van der Waals surface area contributed by atoms with Crippen molar-refractivity contribution in [3.8, 4) is 22.5 Å². The Bertz CT molecular complexity index is 1690. The van der Waals surface area contributed by atoms with Crippen molar-refractivity contribution in [1.82, 2.24) is 10.2 Å². The standard InChI is InChI=1S/C30H16F6N2/c31-29(32,33)23-9-5-17(6-10-23)27-25-15-21-13-19-3-1-2-4-20(19)14-22(21)16-26(25)28(38-37-27)18-7-11-24(12-8-18)30(34,35)36/h1-16H. The van der Waals surface area contributed by atoms with E-state index in [1.807, 2.05) is 48.5 Å². The number of rotatable bonds is 2. The van der Waals surface area contributed by atoms with Crippen LogP contribution in [0, 0.1) is 0 Å². The highest BCUT2D eigenvalue weighted by Crippen LogP contribution is 2.38. The fourth-order valence-electron chi connectivity index (χ4n) is 4.65. The molecule has 0 atom stereocenters. The van der Waals surface area contributed by atoms with Gasteiger partial charge in [-0.2, -0.15) is 26.3 Å². The van der Waals surface area contributed by atoms with Gasteiger partial charge in [0.05, 0.1) is 11.1 Å². The summed E-state index contributed by atoms with van der Waals surface area (Å²) in [5, 5.41) is 13.7. The van der Waals surface area contributed by atoms with E-state index in [2.05, 4.69) is 10.2 Å². The minimum Gasteiger partial charge on any atom is -0.166 e. The monoisotopic (exact) mass is 518 g/mol. The zero-order valence-corrected chi connectivity index (χ0v) is 19.4. The first-order chi connectivity index (χ1) is 18.1. The van der Waals surface area contributed by atoms with Crippen LogP contribution in [0.3, 0.4) is 0 Å². The quantitative estimate of drug-likeness (QED) is 0.169. The maximum absolute atomic E-state index is 13.1. The van der Waals surface area contributed by atoms with Crippen molar-refractivity contribution in [2.75, 3.05) is 0 Å². The van der Waals surface area contributed by atoms with E-state index in [-0.39, 0.29) is 0 Å². The lowest BCUT2D eigenvalue weighted by Gasteiger charge is -2.13. The van der Waals surface area contributed by atoms with Gasteiger partial charge in [-0.15, -0.1) is 10.2 Å². The number of aromatic nitrogens is 2. The number of halogens is 6. The summed E-state index contributed by atoms with van der Waals surface area (Å²) in [4.78, 5) is 0. The summed E-state index contributed by atoms with van der Waals surface area (Å²) in [6, 6.07) is 24.9. The topological polar surface area (TPSA) is 25.8 Å². The molecule has 1 heterocycles. The van der Waals surface area contributed by atoms with Gasteiger partial charge in [0, 0.05) is 21.9 Å². The first-order valence-corrected chi connectivity index (χ1v) is 11.6. The molecule has 0 aliphatic rings. The average molecular weight is 518 g/mol. The van der Waals surface area contributed by atoms with E-state index in [9.17, 15) is 26.3 Å². The van der Waals surface area contributed by atoms with Gasteiger partial charge < -0.3 is 0 Å². The predicted octanol–water partition coefficient (Wildman–Crippen LogP) is 9.31. The third-order valence-electron chi connectivity index (χ3n) is 6.57. The Morgan fingerprint density at radius 2 is 0.789 bits per heavy atom. The lowest BCUT2D eigenvalue weighted by molar-refractivity contribution is -0.138. The smallest absolute Gasteiger partial charge is 0.166 e. The number of benzene rings is 5. The van der Waals surface area contributed by atoms with Crippen molar-refractivity contribution in [3.05, 3.63) is 108 Å². The molecule has 0 amide bonds. The molecule has 188 valence electrons. The normalized spacial score (nSPS) is 12.5. The largest absolute Gasteiger partial charge is 0.416 e. The molecule has 0 aliphatic heterocycles. The molecule has 0 fully saturated rings. The van der Waals surface area contributed by atoms with Crippen molar-refractivity contribution in [2.45, 2.75) is 12.4 Å². The molecule has 1 aromatic heterocycles. The lowest BCUT2D eigenvalue weighted by atomic mass is 9.95. The predicted molar refractivity (Wildman–Crippen MR) is 135 cm³/mol. The van der Waals surface area contributed by atoms with E-state index >= 15 is 0 Å². The molecular formula is C30H16F6N2. The second-order valence-electron chi connectivity index (χ2n) is 8.99. The van der Waals surface area contributed by atoms with Crippen LogP contribution in [-0.4, -0.2) is 10.2 Å². The third kappa shape index (κ3) is 4.22. The molecule has 0 bridgehead atoms. The summed E-state index contributed by atoms with van der Waals surface area (Å²) in [7, 11) is 0. The van der Waals surface area contributed by atoms with Crippen molar-refractivity contribution < 1.29 is 26.3 Å². The molecule has 5 aromatic carbocycles. The summed E-state index contributed by atoms with van der Waals surface area (Å²) in [6.45, 7) is 0. The maximum Gasteiger partial charge on any atom is 0.416 e. The Hall–Kier alpha value is -4.46. The zero-order chi connectivity index (χ0) is 26.7. The van der Waals surface area contributed by atoms with Gasteiger partial charge in [0.25, 0.3) is 0 Å². The van der Waals surface area contributed by atoms with Gasteiger partial charge in [-0.25, -0.2) is 0 Å². The molecule has 0 saturated carbocycles. The SMILES string of the molecule is FC(F)(F)c1ccc(-c2nnc(-c3ccc(C(F)(F)F)cc3)c3cc4cc5ccccc5cc4cc23)cc1. The molecule has 38 heavy (non-hydrogen) atoms. The Kier molecular flexibility index (Phi) is 5.38. The minimum atomic E-state index is -4.48. The molecule has 0 unspecified atom stereocenters. The fraction of sp³-hybridized carbons (Fsp3) is 0.0667. The molecule has 0 spiro atoms. The van der Waals surface area contributed by atoms with E-state index in [1.54, 1.807) is 0 Å². The number of alkyl halides is 6. The number of hydrogen-bond acceptors (Lipinski definition) is 2. The summed E-state index contributed by atoms with van der Waals surface area (Å²) in [6.07, 6.45) is -8.95. The van der Waals surface area contributed by atoms with Crippen LogP contribution in [0.4, 0.5) is 26.3 Å². The van der Waals surface area contributed by atoms with E-state index in [4.69, 9.17) is 0 Å². The lowest BCUT2D eigenvalue weighted by Crippen LogP contribution is -2.04. The van der Waals surface area contributed by atoms with E-state index < -0.39 is 23.5 Å². The van der Waals surface area contributed by atoms with Crippen LogP contribution < -0.4 is 0 Å². The van der Waals surface area contributed by atoms with Crippen LogP contribution in [0.25, 0.3) is 54.8 Å². The van der Waals surface area contributed by atoms with Crippen LogP contribution in [0.5, 0.6) is 0 Å². The van der Waals surface area contributed by atoms with Gasteiger partial charge in [0.1, 0.15) is 11.4 Å². The Balaban J connectivity index is 1.61. The number of hydrogen-bond donors (Lipinski definition) is 0. The second-order valence-corrected chi connectivity index (χ2v) is 8.99. The van der Waals surface area contributed by atoms with E-state index in [0.29, 0.717) is 33.3 Å². The highest BCUT2D eigenvalue weighted by Gasteiger charge is 2.31. The zero-order valence-electron chi connectivity index (χ0n) is 19.4. The first-order valence-electron chi connectivity index (χ1n) is 11.6. The molecule has 6 aromatic rings. The van der Waals surface area contributed by atoms with Gasteiger partial charge >= 0.3 is 12.4 Å². The third-order valence-corrected chi connectivity index (χ3v) is 6.57. The van der Waals surface area contributed by atoms with Crippen molar-refractivity contribution in [1.29, 1.82) is 0 Å². The van der Waals surface area contributed by atoms with Crippen LogP contribution in [-0.2, 0) is 12.4 Å². The van der Waals surface area contributed by atoms with Crippen molar-refractivity contribution >= 4 is 32.3 Å². The van der Waals surface area contributed by atoms with E-state index in [0.717, 1.165) is 45.8 Å². The maximum atomic E-state index is 13.1. The molecule has 0 N–H and O–H groups in total.